The van der Waals surface area contributed by atoms with E-state index in [0.29, 0.717) is 17.3 Å². The molecule has 7 nitrogen and oxygen atoms in total. The fourth-order valence-corrected chi connectivity index (χ4v) is 4.27. The van der Waals surface area contributed by atoms with Gasteiger partial charge in [0.15, 0.2) is 0 Å². The molecule has 0 radical (unpaired) electrons. The molecule has 0 aliphatic rings. The summed E-state index contributed by atoms with van der Waals surface area (Å²) < 4.78 is 26.1. The van der Waals surface area contributed by atoms with Crippen LogP contribution in [0, 0.1) is 6.92 Å². The van der Waals surface area contributed by atoms with E-state index in [-0.39, 0.29) is 12.5 Å². The van der Waals surface area contributed by atoms with Crippen molar-refractivity contribution in [1.29, 1.82) is 0 Å². The van der Waals surface area contributed by atoms with E-state index in [4.69, 9.17) is 11.6 Å². The number of unbranched alkanes of at least 4 members (excludes halogenated alkanes) is 1. The molecule has 0 saturated heterocycles. The van der Waals surface area contributed by atoms with Crippen LogP contribution in [-0.4, -0.2) is 50.5 Å². The van der Waals surface area contributed by atoms with Crippen molar-refractivity contribution in [2.45, 2.75) is 46.2 Å². The number of nitrogens with zero attached hydrogens (tertiary/aromatic N) is 2. The van der Waals surface area contributed by atoms with Crippen molar-refractivity contribution >= 4 is 39.1 Å². The second kappa shape index (κ2) is 12.0. The minimum Gasteiger partial charge on any atom is -0.354 e. The van der Waals surface area contributed by atoms with E-state index in [1.807, 2.05) is 44.2 Å². The van der Waals surface area contributed by atoms with Gasteiger partial charge in [-0.25, -0.2) is 8.42 Å². The van der Waals surface area contributed by atoms with Crippen molar-refractivity contribution in [1.82, 2.24) is 10.2 Å². The van der Waals surface area contributed by atoms with Gasteiger partial charge in [0.25, 0.3) is 0 Å². The predicted octanol–water partition coefficient (Wildman–Crippen LogP) is 3.75. The highest BCUT2D eigenvalue weighted by Gasteiger charge is 2.30. The first-order chi connectivity index (χ1) is 15.5. The Labute approximate surface area is 201 Å². The molecule has 0 bridgehead atoms. The summed E-state index contributed by atoms with van der Waals surface area (Å²) in [6, 6.07) is 13.3. The zero-order valence-electron chi connectivity index (χ0n) is 19.5. The Balaban J connectivity index is 2.34. The molecule has 9 heteroatoms. The molecule has 2 aromatic carbocycles. The minimum absolute atomic E-state index is 0.175. The van der Waals surface area contributed by atoms with Gasteiger partial charge in [0.2, 0.25) is 21.8 Å². The van der Waals surface area contributed by atoms with E-state index in [2.05, 4.69) is 5.32 Å². The molecule has 2 amide bonds. The zero-order valence-corrected chi connectivity index (χ0v) is 21.1. The SMILES string of the molecule is CCCCNC(=O)[C@@H](C)N(Cc1ccccc1)C(=O)CN(c1ccc(C)c(Cl)c1)S(C)(=O)=O. The number of sulfonamides is 1. The van der Waals surface area contributed by atoms with Crippen molar-refractivity contribution in [3.05, 3.63) is 64.7 Å². The summed E-state index contributed by atoms with van der Waals surface area (Å²) in [4.78, 5) is 27.6. The van der Waals surface area contributed by atoms with Crippen molar-refractivity contribution < 1.29 is 18.0 Å². The third-order valence-electron chi connectivity index (χ3n) is 5.32. The summed E-state index contributed by atoms with van der Waals surface area (Å²) in [7, 11) is -3.79. The fraction of sp³-hybridized carbons (Fsp3) is 0.417. The van der Waals surface area contributed by atoms with Crippen LogP contribution < -0.4 is 9.62 Å². The molecule has 1 atom stereocenters. The highest BCUT2D eigenvalue weighted by Crippen LogP contribution is 2.25. The molecule has 33 heavy (non-hydrogen) atoms. The Bertz CT molecular complexity index is 1060. The van der Waals surface area contributed by atoms with Crippen LogP contribution in [0.2, 0.25) is 5.02 Å². The van der Waals surface area contributed by atoms with Crippen LogP contribution in [0.25, 0.3) is 0 Å². The van der Waals surface area contributed by atoms with Crippen LogP contribution in [0.15, 0.2) is 48.5 Å². The molecule has 0 aliphatic heterocycles. The van der Waals surface area contributed by atoms with Crippen molar-refractivity contribution in [3.8, 4) is 0 Å². The quantitative estimate of drug-likeness (QED) is 0.483. The number of benzene rings is 2. The number of halogens is 1. The van der Waals surface area contributed by atoms with Crippen LogP contribution in [0.4, 0.5) is 5.69 Å². The molecule has 0 spiro atoms. The van der Waals surface area contributed by atoms with Crippen molar-refractivity contribution in [2.75, 3.05) is 23.7 Å². The maximum absolute atomic E-state index is 13.4. The molecule has 2 rings (SSSR count). The molecule has 180 valence electrons. The number of carbonyl (C=O) groups excluding carboxylic acids is 2. The van der Waals surface area contributed by atoms with E-state index >= 15 is 0 Å². The van der Waals surface area contributed by atoms with Gasteiger partial charge in [0.05, 0.1) is 11.9 Å². The van der Waals surface area contributed by atoms with Crippen LogP contribution in [0.1, 0.15) is 37.8 Å². The summed E-state index contributed by atoms with van der Waals surface area (Å²) in [5, 5.41) is 3.25. The van der Waals surface area contributed by atoms with E-state index < -0.39 is 28.5 Å². The third-order valence-corrected chi connectivity index (χ3v) is 6.86. The smallest absolute Gasteiger partial charge is 0.244 e. The molecule has 1 N–H and O–H groups in total. The Morgan fingerprint density at radius 3 is 2.36 bits per heavy atom. The standard InChI is InChI=1S/C24H32ClN3O4S/c1-5-6-14-26-24(30)19(3)27(16-20-10-8-7-9-11-20)23(29)17-28(33(4,31)32)21-13-12-18(2)22(25)15-21/h7-13,15,19H,5-6,14,16-17H2,1-4H3,(H,26,30)/t19-/m1/s1. The number of anilines is 1. The highest BCUT2D eigenvalue weighted by atomic mass is 35.5. The Morgan fingerprint density at radius 1 is 1.12 bits per heavy atom. The average molecular weight is 494 g/mol. The Morgan fingerprint density at radius 2 is 1.79 bits per heavy atom. The van der Waals surface area contributed by atoms with E-state index in [1.165, 1.54) is 11.0 Å². The number of hydrogen-bond donors (Lipinski definition) is 1. The molecule has 0 unspecified atom stereocenters. The predicted molar refractivity (Wildman–Crippen MR) is 133 cm³/mol. The van der Waals surface area contributed by atoms with Crippen molar-refractivity contribution in [3.63, 3.8) is 0 Å². The molecule has 0 heterocycles. The van der Waals surface area contributed by atoms with Gasteiger partial charge in [-0.1, -0.05) is 61.3 Å². The molecule has 2 aromatic rings. The van der Waals surface area contributed by atoms with Crippen LogP contribution in [-0.2, 0) is 26.2 Å². The largest absolute Gasteiger partial charge is 0.354 e. The number of amides is 2. The average Bonchev–Trinajstić information content (AvgIpc) is 2.77. The van der Waals surface area contributed by atoms with Gasteiger partial charge in [-0.15, -0.1) is 0 Å². The van der Waals surface area contributed by atoms with Gasteiger partial charge in [0.1, 0.15) is 12.6 Å². The van der Waals surface area contributed by atoms with Crippen molar-refractivity contribution in [2.24, 2.45) is 0 Å². The van der Waals surface area contributed by atoms with Crippen LogP contribution in [0.5, 0.6) is 0 Å². The number of aryl methyl sites for hydroxylation is 1. The first-order valence-corrected chi connectivity index (χ1v) is 13.1. The molecule has 0 aromatic heterocycles. The van der Waals surface area contributed by atoms with Gasteiger partial charge in [0, 0.05) is 18.1 Å². The second-order valence-electron chi connectivity index (χ2n) is 8.03. The third kappa shape index (κ3) is 7.75. The molecular weight excluding hydrogens is 462 g/mol. The minimum atomic E-state index is -3.79. The summed E-state index contributed by atoms with van der Waals surface area (Å²) in [6.07, 6.45) is 2.81. The lowest BCUT2D eigenvalue weighted by molar-refractivity contribution is -0.139. The summed E-state index contributed by atoms with van der Waals surface area (Å²) >= 11 is 6.20. The Kier molecular flexibility index (Phi) is 9.73. The summed E-state index contributed by atoms with van der Waals surface area (Å²) in [5.41, 5.74) is 1.92. The number of carbonyl (C=O) groups is 2. The Hall–Kier alpha value is -2.58. The van der Waals surface area contributed by atoms with Gasteiger partial charge in [-0.05, 0) is 43.5 Å². The molecule has 0 saturated carbocycles. The summed E-state index contributed by atoms with van der Waals surface area (Å²) in [6.45, 7) is 5.73. The van der Waals surface area contributed by atoms with Crippen LogP contribution >= 0.6 is 11.6 Å². The van der Waals surface area contributed by atoms with Crippen LogP contribution in [0.3, 0.4) is 0 Å². The lowest BCUT2D eigenvalue weighted by Gasteiger charge is -2.31. The second-order valence-corrected chi connectivity index (χ2v) is 10.3. The lowest BCUT2D eigenvalue weighted by atomic mass is 10.1. The topological polar surface area (TPSA) is 86.8 Å². The van der Waals surface area contributed by atoms with Gasteiger partial charge in [-0.2, -0.15) is 0 Å². The highest BCUT2D eigenvalue weighted by molar-refractivity contribution is 7.92. The molecular formula is C24H32ClN3O4S. The normalized spacial score (nSPS) is 12.2. The first-order valence-electron chi connectivity index (χ1n) is 10.9. The van der Waals surface area contributed by atoms with Gasteiger partial charge in [-0.3, -0.25) is 13.9 Å². The zero-order chi connectivity index (χ0) is 24.6. The monoisotopic (exact) mass is 493 g/mol. The maximum Gasteiger partial charge on any atom is 0.244 e. The fourth-order valence-electron chi connectivity index (χ4n) is 3.25. The van der Waals surface area contributed by atoms with E-state index in [1.54, 1.807) is 19.1 Å². The van der Waals surface area contributed by atoms with E-state index in [0.717, 1.165) is 34.5 Å². The van der Waals surface area contributed by atoms with Gasteiger partial charge >= 0.3 is 0 Å². The molecule has 0 fully saturated rings. The maximum atomic E-state index is 13.4. The number of hydrogen-bond acceptors (Lipinski definition) is 4. The summed E-state index contributed by atoms with van der Waals surface area (Å²) in [5.74, 6) is -0.767. The van der Waals surface area contributed by atoms with Gasteiger partial charge < -0.3 is 10.2 Å². The first kappa shape index (κ1) is 26.7. The van der Waals surface area contributed by atoms with E-state index in [9.17, 15) is 18.0 Å². The molecule has 0 aliphatic carbocycles. The number of rotatable bonds is 11. The lowest BCUT2D eigenvalue weighted by Crippen LogP contribution is -2.51. The number of nitrogens with one attached hydrogen (secondary N) is 1.